The summed E-state index contributed by atoms with van der Waals surface area (Å²) in [6.07, 6.45) is 5.99. The largest absolute Gasteiger partial charge is 0.496 e. The number of nitrogens with zero attached hydrogens (tertiary/aromatic N) is 2. The number of amides is 2. The molecule has 2 aromatic heterocycles. The van der Waals surface area contributed by atoms with Crippen LogP contribution in [0, 0.1) is 0 Å². The van der Waals surface area contributed by atoms with Gasteiger partial charge in [0.25, 0.3) is 0 Å². The highest BCUT2D eigenvalue weighted by molar-refractivity contribution is 9.10. The van der Waals surface area contributed by atoms with Crippen molar-refractivity contribution >= 4 is 60.0 Å². The number of carbonyl (C=O) groups excluding carboxylic acids is 2. The van der Waals surface area contributed by atoms with E-state index in [1.54, 1.807) is 24.5 Å². The third-order valence-corrected chi connectivity index (χ3v) is 9.03. The molecule has 0 aromatic carbocycles. The molecule has 16 heteroatoms. The van der Waals surface area contributed by atoms with Crippen LogP contribution in [0.5, 0.6) is 0 Å². The van der Waals surface area contributed by atoms with Crippen LogP contribution in [0.4, 0.5) is 0 Å². The summed E-state index contributed by atoms with van der Waals surface area (Å²) in [4.78, 5) is 29.2. The summed E-state index contributed by atoms with van der Waals surface area (Å²) in [5.74, 6) is -3.59. The van der Waals surface area contributed by atoms with Crippen LogP contribution in [0.2, 0.25) is 0 Å². The average molecular weight is 633 g/mol. The molecule has 1 aliphatic heterocycles. The lowest BCUT2D eigenvalue weighted by Gasteiger charge is -2.32. The van der Waals surface area contributed by atoms with Gasteiger partial charge in [-0.15, -0.1) is 0 Å². The molecule has 0 bridgehead atoms. The average Bonchev–Trinajstić information content (AvgIpc) is 2.93. The topological polar surface area (TPSA) is 199 Å². The van der Waals surface area contributed by atoms with Crippen molar-refractivity contribution in [3.05, 3.63) is 52.5 Å². The van der Waals surface area contributed by atoms with Crippen molar-refractivity contribution in [2.24, 2.45) is 11.5 Å². The van der Waals surface area contributed by atoms with Gasteiger partial charge in [-0.2, -0.15) is 0 Å². The van der Waals surface area contributed by atoms with E-state index in [9.17, 15) is 26.4 Å². The molecule has 38 heavy (non-hydrogen) atoms. The zero-order valence-electron chi connectivity index (χ0n) is 21.4. The minimum atomic E-state index is -3.62. The molecule has 0 spiro atoms. The second kappa shape index (κ2) is 12.2. The van der Waals surface area contributed by atoms with E-state index in [0.717, 1.165) is 0 Å². The Hall–Kier alpha value is -2.40. The molecular weight excluding hydrogens is 603 g/mol. The number of hydrogen-bond acceptors (Lipinski definition) is 10. The normalized spacial score (nSPS) is 16.4. The van der Waals surface area contributed by atoms with Crippen LogP contribution in [-0.4, -0.2) is 68.4 Å². The lowest BCUT2D eigenvalue weighted by molar-refractivity contribution is -0.116. The lowest BCUT2D eigenvalue weighted by atomic mass is 9.80. The van der Waals surface area contributed by atoms with E-state index in [0.29, 0.717) is 21.1 Å². The molecule has 1 saturated heterocycles. The van der Waals surface area contributed by atoms with Crippen molar-refractivity contribution in [2.45, 2.75) is 50.4 Å². The van der Waals surface area contributed by atoms with E-state index >= 15 is 0 Å². The van der Waals surface area contributed by atoms with Gasteiger partial charge in [-0.1, -0.05) is 6.07 Å². The summed E-state index contributed by atoms with van der Waals surface area (Å²) in [7, 11) is -7.72. The molecule has 2 amide bonds. The maximum absolute atomic E-state index is 11.9. The van der Waals surface area contributed by atoms with Gasteiger partial charge in [-0.25, -0.2) is 16.8 Å². The predicted octanol–water partition coefficient (Wildman–Crippen LogP) is 0.0251. The lowest BCUT2D eigenvalue weighted by Crippen LogP contribution is -2.41. The fraction of sp³-hybridized carbons (Fsp3) is 0.455. The second-order valence-electron chi connectivity index (χ2n) is 9.72. The molecule has 4 N–H and O–H groups in total. The Kier molecular flexibility index (Phi) is 10.2. The number of carbonyl (C=O) groups is 2. The quantitative estimate of drug-likeness (QED) is 0.355. The molecule has 2 aromatic rings. The number of primary amides is 2. The predicted molar refractivity (Wildman–Crippen MR) is 145 cm³/mol. The molecule has 208 valence electrons. The van der Waals surface area contributed by atoms with Gasteiger partial charge in [0.05, 0.1) is 22.7 Å². The number of halogens is 1. The summed E-state index contributed by atoms with van der Waals surface area (Å²) in [6, 6.07) is 3.29. The highest BCUT2D eigenvalue weighted by Crippen LogP contribution is 2.36. The van der Waals surface area contributed by atoms with E-state index < -0.39 is 61.3 Å². The number of pyridine rings is 2. The number of hydrogen-bond donors (Lipinski definition) is 2. The Morgan fingerprint density at radius 1 is 0.816 bits per heavy atom. The van der Waals surface area contributed by atoms with Crippen LogP contribution in [0.1, 0.15) is 38.8 Å². The molecule has 3 heterocycles. The van der Waals surface area contributed by atoms with Gasteiger partial charge >= 0.3 is 7.12 Å². The van der Waals surface area contributed by atoms with Crippen molar-refractivity contribution < 1.29 is 35.7 Å². The van der Waals surface area contributed by atoms with E-state index in [1.165, 1.54) is 12.4 Å². The van der Waals surface area contributed by atoms with Crippen LogP contribution in [0.15, 0.2) is 41.4 Å². The van der Waals surface area contributed by atoms with E-state index in [2.05, 4.69) is 25.9 Å². The van der Waals surface area contributed by atoms with Crippen molar-refractivity contribution in [2.75, 3.05) is 11.5 Å². The number of nitrogens with two attached hydrogens (primary N) is 2. The number of sulfone groups is 2. The van der Waals surface area contributed by atoms with Crippen molar-refractivity contribution in [3.8, 4) is 0 Å². The summed E-state index contributed by atoms with van der Waals surface area (Å²) < 4.78 is 59.0. The fourth-order valence-electron chi connectivity index (χ4n) is 3.27. The van der Waals surface area contributed by atoms with Gasteiger partial charge < -0.3 is 20.8 Å². The first-order valence-corrected chi connectivity index (χ1v) is 15.6. The SMILES string of the molecule is CC1(C)OB(c2cncc(CS(=O)(=O)CC(N)=O)c2)OC1(C)C.NC(=O)CS(=O)(=O)Cc1cncc(Br)c1. The van der Waals surface area contributed by atoms with Crippen LogP contribution in [0.3, 0.4) is 0 Å². The van der Waals surface area contributed by atoms with Gasteiger partial charge in [0.15, 0.2) is 19.7 Å². The van der Waals surface area contributed by atoms with Crippen molar-refractivity contribution in [1.29, 1.82) is 0 Å². The van der Waals surface area contributed by atoms with E-state index in [-0.39, 0.29) is 11.5 Å². The maximum Gasteiger partial charge on any atom is 0.496 e. The zero-order valence-corrected chi connectivity index (χ0v) is 24.6. The monoisotopic (exact) mass is 632 g/mol. The summed E-state index contributed by atoms with van der Waals surface area (Å²) in [6.45, 7) is 7.73. The second-order valence-corrected chi connectivity index (χ2v) is 14.8. The summed E-state index contributed by atoms with van der Waals surface area (Å²) in [5.41, 5.74) is 10.4. The first-order valence-electron chi connectivity index (χ1n) is 11.2. The van der Waals surface area contributed by atoms with Gasteiger partial charge in [0.2, 0.25) is 11.8 Å². The van der Waals surface area contributed by atoms with Crippen molar-refractivity contribution in [1.82, 2.24) is 9.97 Å². The Bertz CT molecular complexity index is 1390. The van der Waals surface area contributed by atoms with Crippen LogP contribution >= 0.6 is 15.9 Å². The highest BCUT2D eigenvalue weighted by atomic mass is 79.9. The number of aromatic nitrogens is 2. The zero-order chi connectivity index (χ0) is 28.9. The van der Waals surface area contributed by atoms with E-state index in [1.807, 2.05) is 27.7 Å². The fourth-order valence-corrected chi connectivity index (χ4v) is 6.09. The summed E-state index contributed by atoms with van der Waals surface area (Å²) >= 11 is 3.17. The molecule has 0 atom stereocenters. The molecule has 3 rings (SSSR count). The molecular formula is C22H30BBrN4O8S2. The van der Waals surface area contributed by atoms with Crippen LogP contribution in [-0.2, 0) is 50.1 Å². The van der Waals surface area contributed by atoms with Gasteiger partial charge in [-0.05, 0) is 60.8 Å². The van der Waals surface area contributed by atoms with Gasteiger partial charge in [0, 0.05) is 34.7 Å². The van der Waals surface area contributed by atoms with Gasteiger partial charge in [0.1, 0.15) is 11.5 Å². The molecule has 1 fully saturated rings. The smallest absolute Gasteiger partial charge is 0.399 e. The molecule has 0 radical (unpaired) electrons. The Morgan fingerprint density at radius 2 is 1.24 bits per heavy atom. The van der Waals surface area contributed by atoms with Crippen LogP contribution in [0.25, 0.3) is 0 Å². The Morgan fingerprint density at radius 3 is 1.66 bits per heavy atom. The third-order valence-electron chi connectivity index (χ3n) is 5.60. The van der Waals surface area contributed by atoms with Crippen LogP contribution < -0.4 is 16.9 Å². The molecule has 0 unspecified atom stereocenters. The third kappa shape index (κ3) is 9.73. The molecule has 0 aliphatic carbocycles. The highest BCUT2D eigenvalue weighted by Gasteiger charge is 2.51. The molecule has 0 saturated carbocycles. The minimum Gasteiger partial charge on any atom is -0.399 e. The molecule has 1 aliphatic rings. The first kappa shape index (κ1) is 31.8. The van der Waals surface area contributed by atoms with Gasteiger partial charge in [-0.3, -0.25) is 19.6 Å². The Balaban J connectivity index is 0.000000293. The first-order chi connectivity index (χ1) is 17.3. The number of rotatable bonds is 9. The Labute approximate surface area is 231 Å². The summed E-state index contributed by atoms with van der Waals surface area (Å²) in [5, 5.41) is 0. The van der Waals surface area contributed by atoms with Crippen molar-refractivity contribution in [3.63, 3.8) is 0 Å². The maximum atomic E-state index is 11.9. The minimum absolute atomic E-state index is 0.234. The molecule has 12 nitrogen and oxygen atoms in total. The van der Waals surface area contributed by atoms with E-state index in [4.69, 9.17) is 20.8 Å². The standard InChI is InChI=1S/C14H21BN2O5S.C8H9BrN2O3S/c1-13(2)14(3,4)22-15(21-13)11-5-10(6-17-7-11)8-23(19,20)9-12(16)18;9-7-1-6(2-11-3-7)4-15(13,14)5-8(10)12/h5-7H,8-9H2,1-4H3,(H2,16,18);1-3H,4-5H2,(H2,10,12).